The minimum Gasteiger partial charge on any atom is -0.354 e. The lowest BCUT2D eigenvalue weighted by molar-refractivity contribution is -0.123. The van der Waals surface area contributed by atoms with Gasteiger partial charge in [0, 0.05) is 6.54 Å². The Kier molecular flexibility index (Phi) is 8.57. The number of likely N-dealkylation sites (tertiary alicyclic amines) is 1. The predicted molar refractivity (Wildman–Crippen MR) is 77.9 cm³/mol. The fraction of sp³-hybridized carbons (Fsp3) is 0.923. The number of piperidine rings is 1. The topological polar surface area (TPSA) is 58.4 Å². The Morgan fingerprint density at radius 3 is 2.50 bits per heavy atom. The molecule has 1 aliphatic heterocycles. The van der Waals surface area contributed by atoms with E-state index in [0.717, 1.165) is 26.1 Å². The minimum atomic E-state index is -0.355. The van der Waals surface area contributed by atoms with E-state index in [4.69, 9.17) is 5.73 Å². The standard InChI is InChI=1S/C13H27N3O.ClH/c1-4-10(2)12(14)13(17)15-9-11-5-7-16(3)8-6-11;/h10-12H,4-9,14H2,1-3H3,(H,15,17);1H. The Bertz CT molecular complexity index is 242. The normalized spacial score (nSPS) is 20.9. The molecule has 0 spiro atoms. The molecule has 0 aliphatic carbocycles. The second kappa shape index (κ2) is 8.73. The molecule has 1 saturated heterocycles. The Morgan fingerprint density at radius 2 is 2.00 bits per heavy atom. The summed E-state index contributed by atoms with van der Waals surface area (Å²) in [6.45, 7) is 7.15. The molecule has 1 aliphatic rings. The van der Waals surface area contributed by atoms with Crippen molar-refractivity contribution in [2.75, 3.05) is 26.7 Å². The van der Waals surface area contributed by atoms with Gasteiger partial charge in [0.05, 0.1) is 6.04 Å². The van der Waals surface area contributed by atoms with Gasteiger partial charge in [0.15, 0.2) is 0 Å². The van der Waals surface area contributed by atoms with Gasteiger partial charge in [-0.1, -0.05) is 20.3 Å². The molecule has 0 aromatic rings. The maximum Gasteiger partial charge on any atom is 0.237 e. The highest BCUT2D eigenvalue weighted by molar-refractivity contribution is 5.85. The van der Waals surface area contributed by atoms with Crippen molar-refractivity contribution < 1.29 is 4.79 Å². The Labute approximate surface area is 117 Å². The van der Waals surface area contributed by atoms with Crippen LogP contribution in [0.15, 0.2) is 0 Å². The lowest BCUT2D eigenvalue weighted by atomic mass is 9.96. The van der Waals surface area contributed by atoms with Gasteiger partial charge in [-0.25, -0.2) is 0 Å². The maximum absolute atomic E-state index is 11.8. The number of halogens is 1. The first-order chi connectivity index (χ1) is 8.04. The lowest BCUT2D eigenvalue weighted by Crippen LogP contribution is -2.46. The average Bonchev–Trinajstić information content (AvgIpc) is 2.35. The second-order valence-electron chi connectivity index (χ2n) is 5.40. The monoisotopic (exact) mass is 277 g/mol. The summed E-state index contributed by atoms with van der Waals surface area (Å²) in [6.07, 6.45) is 3.30. The van der Waals surface area contributed by atoms with E-state index < -0.39 is 0 Å². The van der Waals surface area contributed by atoms with Crippen LogP contribution in [0.5, 0.6) is 0 Å². The summed E-state index contributed by atoms with van der Waals surface area (Å²) in [5.74, 6) is 0.894. The first-order valence-corrected chi connectivity index (χ1v) is 6.76. The highest BCUT2D eigenvalue weighted by Gasteiger charge is 2.21. The number of hydrogen-bond acceptors (Lipinski definition) is 3. The first kappa shape index (κ1) is 17.7. The van der Waals surface area contributed by atoms with E-state index in [1.807, 2.05) is 6.92 Å². The minimum absolute atomic E-state index is 0. The predicted octanol–water partition coefficient (Wildman–Crippen LogP) is 1.24. The third-order valence-electron chi connectivity index (χ3n) is 3.96. The van der Waals surface area contributed by atoms with E-state index in [2.05, 4.69) is 24.2 Å². The zero-order valence-corrected chi connectivity index (χ0v) is 12.6. The van der Waals surface area contributed by atoms with E-state index in [9.17, 15) is 4.79 Å². The molecule has 0 aromatic heterocycles. The van der Waals surface area contributed by atoms with Gasteiger partial charge >= 0.3 is 0 Å². The molecule has 0 bridgehead atoms. The molecule has 4 nitrogen and oxygen atoms in total. The summed E-state index contributed by atoms with van der Waals surface area (Å²) in [5, 5.41) is 3.00. The number of amides is 1. The van der Waals surface area contributed by atoms with Gasteiger partial charge in [-0.3, -0.25) is 4.79 Å². The largest absolute Gasteiger partial charge is 0.354 e. The third-order valence-corrected chi connectivity index (χ3v) is 3.96. The number of nitrogens with two attached hydrogens (primary N) is 1. The molecule has 1 fully saturated rings. The lowest BCUT2D eigenvalue weighted by Gasteiger charge is -2.29. The van der Waals surface area contributed by atoms with Crippen LogP contribution in [0.25, 0.3) is 0 Å². The molecule has 0 saturated carbocycles. The van der Waals surface area contributed by atoms with Crippen LogP contribution in [0, 0.1) is 11.8 Å². The van der Waals surface area contributed by atoms with Crippen LogP contribution in [0.3, 0.4) is 0 Å². The van der Waals surface area contributed by atoms with Crippen molar-refractivity contribution in [2.24, 2.45) is 17.6 Å². The summed E-state index contributed by atoms with van der Waals surface area (Å²) in [5.41, 5.74) is 5.89. The number of nitrogens with zero attached hydrogens (tertiary/aromatic N) is 1. The molecule has 0 radical (unpaired) electrons. The van der Waals surface area contributed by atoms with Crippen LogP contribution in [0.4, 0.5) is 0 Å². The average molecular weight is 278 g/mol. The van der Waals surface area contributed by atoms with Crippen molar-refractivity contribution >= 4 is 18.3 Å². The van der Waals surface area contributed by atoms with Gasteiger partial charge in [-0.15, -0.1) is 12.4 Å². The fourth-order valence-corrected chi connectivity index (χ4v) is 2.14. The van der Waals surface area contributed by atoms with E-state index in [1.165, 1.54) is 12.8 Å². The Morgan fingerprint density at radius 1 is 1.44 bits per heavy atom. The smallest absolute Gasteiger partial charge is 0.237 e. The molecule has 1 rings (SSSR count). The maximum atomic E-state index is 11.8. The molecular weight excluding hydrogens is 250 g/mol. The molecule has 0 aromatic carbocycles. The van der Waals surface area contributed by atoms with Crippen LogP contribution in [-0.2, 0) is 4.79 Å². The van der Waals surface area contributed by atoms with Gasteiger partial charge in [0.1, 0.15) is 0 Å². The summed E-state index contributed by atoms with van der Waals surface area (Å²) in [7, 11) is 2.15. The van der Waals surface area contributed by atoms with Crippen molar-refractivity contribution in [3.05, 3.63) is 0 Å². The van der Waals surface area contributed by atoms with Crippen LogP contribution in [0.1, 0.15) is 33.1 Å². The molecule has 3 N–H and O–H groups in total. The van der Waals surface area contributed by atoms with Crippen LogP contribution in [0.2, 0.25) is 0 Å². The summed E-state index contributed by atoms with van der Waals surface area (Å²) in [6, 6.07) is -0.355. The van der Waals surface area contributed by atoms with E-state index in [1.54, 1.807) is 0 Å². The molecule has 2 atom stereocenters. The zero-order chi connectivity index (χ0) is 12.8. The van der Waals surface area contributed by atoms with Crippen LogP contribution >= 0.6 is 12.4 Å². The van der Waals surface area contributed by atoms with E-state index in [0.29, 0.717) is 5.92 Å². The molecule has 1 amide bonds. The number of carbonyl (C=O) groups is 1. The molecule has 18 heavy (non-hydrogen) atoms. The molecular formula is C13H28ClN3O. The fourth-order valence-electron chi connectivity index (χ4n) is 2.14. The van der Waals surface area contributed by atoms with Crippen molar-refractivity contribution in [3.8, 4) is 0 Å². The molecule has 5 heteroatoms. The van der Waals surface area contributed by atoms with Gasteiger partial charge < -0.3 is 16.0 Å². The highest BCUT2D eigenvalue weighted by atomic mass is 35.5. The van der Waals surface area contributed by atoms with Gasteiger partial charge in [-0.2, -0.15) is 0 Å². The number of rotatable bonds is 5. The molecule has 108 valence electrons. The van der Waals surface area contributed by atoms with E-state index in [-0.39, 0.29) is 30.3 Å². The van der Waals surface area contributed by atoms with E-state index >= 15 is 0 Å². The van der Waals surface area contributed by atoms with Gasteiger partial charge in [0.25, 0.3) is 0 Å². The van der Waals surface area contributed by atoms with Crippen molar-refractivity contribution in [2.45, 2.75) is 39.2 Å². The van der Waals surface area contributed by atoms with Gasteiger partial charge in [-0.05, 0) is 44.8 Å². The van der Waals surface area contributed by atoms with Crippen molar-refractivity contribution in [1.29, 1.82) is 0 Å². The highest BCUT2D eigenvalue weighted by Crippen LogP contribution is 2.15. The molecule has 1 heterocycles. The zero-order valence-electron chi connectivity index (χ0n) is 11.8. The quantitative estimate of drug-likeness (QED) is 0.795. The van der Waals surface area contributed by atoms with Gasteiger partial charge in [0.2, 0.25) is 5.91 Å². The van der Waals surface area contributed by atoms with Crippen molar-refractivity contribution in [3.63, 3.8) is 0 Å². The third kappa shape index (κ3) is 5.55. The summed E-state index contributed by atoms with van der Waals surface area (Å²) in [4.78, 5) is 14.1. The van der Waals surface area contributed by atoms with Crippen LogP contribution < -0.4 is 11.1 Å². The second-order valence-corrected chi connectivity index (χ2v) is 5.40. The number of carbonyl (C=O) groups excluding carboxylic acids is 1. The molecule has 2 unspecified atom stereocenters. The summed E-state index contributed by atoms with van der Waals surface area (Å²) >= 11 is 0. The Hall–Kier alpha value is -0.320. The number of hydrogen-bond donors (Lipinski definition) is 2. The van der Waals surface area contributed by atoms with Crippen LogP contribution in [-0.4, -0.2) is 43.5 Å². The first-order valence-electron chi connectivity index (χ1n) is 6.76. The Balaban J connectivity index is 0.00000289. The van der Waals surface area contributed by atoms with Crippen molar-refractivity contribution in [1.82, 2.24) is 10.2 Å². The summed E-state index contributed by atoms with van der Waals surface area (Å²) < 4.78 is 0. The SMILES string of the molecule is CCC(C)C(N)C(=O)NCC1CCN(C)CC1.Cl. The number of nitrogens with one attached hydrogen (secondary N) is 1.